The normalized spacial score (nSPS) is 13.8. The van der Waals surface area contributed by atoms with Crippen molar-refractivity contribution in [2.24, 2.45) is 0 Å². The topological polar surface area (TPSA) is 60.2 Å². The molecule has 0 bridgehead atoms. The van der Waals surface area contributed by atoms with Crippen LogP contribution in [0.5, 0.6) is 5.75 Å². The zero-order valence-corrected chi connectivity index (χ0v) is 15.6. The third-order valence-corrected chi connectivity index (χ3v) is 5.33. The zero-order chi connectivity index (χ0) is 17.6. The molecule has 0 spiro atoms. The predicted octanol–water partition coefficient (Wildman–Crippen LogP) is 2.76. The first-order chi connectivity index (χ1) is 12.2. The van der Waals surface area contributed by atoms with Gasteiger partial charge in [-0.25, -0.2) is 0 Å². The van der Waals surface area contributed by atoms with E-state index in [-0.39, 0.29) is 5.91 Å². The highest BCUT2D eigenvalue weighted by atomic mass is 32.2. The molecule has 1 aliphatic rings. The summed E-state index contributed by atoms with van der Waals surface area (Å²) < 4.78 is 7.40. The quantitative estimate of drug-likeness (QED) is 0.742. The second-order valence-electron chi connectivity index (χ2n) is 6.25. The summed E-state index contributed by atoms with van der Waals surface area (Å²) in [6.45, 7) is 1.52. The Morgan fingerprint density at radius 2 is 2.20 bits per heavy atom. The molecule has 0 unspecified atom stereocenters. The number of thioether (sulfide) groups is 1. The van der Waals surface area contributed by atoms with Crippen LogP contribution in [0.15, 0.2) is 29.4 Å². The Bertz CT molecular complexity index is 732. The first kappa shape index (κ1) is 17.8. The number of fused-ring (bicyclic) bond motifs is 1. The largest absolute Gasteiger partial charge is 0.497 e. The molecule has 6 nitrogen and oxygen atoms in total. The molecule has 0 N–H and O–H groups in total. The van der Waals surface area contributed by atoms with E-state index in [1.807, 2.05) is 31.3 Å². The Labute approximate surface area is 152 Å². The zero-order valence-electron chi connectivity index (χ0n) is 14.8. The van der Waals surface area contributed by atoms with Crippen LogP contribution in [-0.4, -0.2) is 45.5 Å². The number of amides is 1. The molecule has 0 saturated heterocycles. The van der Waals surface area contributed by atoms with Crippen molar-refractivity contribution >= 4 is 17.7 Å². The first-order valence-corrected chi connectivity index (χ1v) is 9.57. The molecular weight excluding hydrogens is 336 g/mol. The molecule has 0 saturated carbocycles. The second-order valence-corrected chi connectivity index (χ2v) is 7.19. The number of rotatable bonds is 6. The molecule has 0 fully saturated rings. The molecular formula is C18H24N4O2S. The van der Waals surface area contributed by atoms with Crippen molar-refractivity contribution in [1.29, 1.82) is 0 Å². The Morgan fingerprint density at radius 3 is 3.04 bits per heavy atom. The van der Waals surface area contributed by atoms with Gasteiger partial charge in [0.15, 0.2) is 5.16 Å². The third-order valence-electron chi connectivity index (χ3n) is 4.38. The van der Waals surface area contributed by atoms with Crippen molar-refractivity contribution < 1.29 is 9.53 Å². The maximum absolute atomic E-state index is 12.4. The van der Waals surface area contributed by atoms with Crippen molar-refractivity contribution in [1.82, 2.24) is 19.7 Å². The fourth-order valence-electron chi connectivity index (χ4n) is 2.93. The van der Waals surface area contributed by atoms with Crippen LogP contribution in [-0.2, 0) is 24.3 Å². The summed E-state index contributed by atoms with van der Waals surface area (Å²) in [6.07, 6.45) is 4.54. The number of nitrogens with zero attached hydrogens (tertiary/aromatic N) is 4. The number of benzene rings is 1. The van der Waals surface area contributed by atoms with Gasteiger partial charge >= 0.3 is 0 Å². The molecule has 134 valence electrons. The lowest BCUT2D eigenvalue weighted by Gasteiger charge is -2.17. The van der Waals surface area contributed by atoms with Gasteiger partial charge in [0.2, 0.25) is 5.91 Å². The molecule has 1 aromatic heterocycles. The summed E-state index contributed by atoms with van der Waals surface area (Å²) in [4.78, 5) is 14.2. The van der Waals surface area contributed by atoms with E-state index in [2.05, 4.69) is 14.8 Å². The lowest BCUT2D eigenvalue weighted by atomic mass is 10.2. The number of hydrogen-bond acceptors (Lipinski definition) is 5. The molecule has 1 aliphatic heterocycles. The van der Waals surface area contributed by atoms with Gasteiger partial charge in [-0.2, -0.15) is 0 Å². The summed E-state index contributed by atoms with van der Waals surface area (Å²) in [5.41, 5.74) is 1.05. The van der Waals surface area contributed by atoms with Gasteiger partial charge in [0, 0.05) is 26.6 Å². The highest BCUT2D eigenvalue weighted by Crippen LogP contribution is 2.22. The summed E-state index contributed by atoms with van der Waals surface area (Å²) in [5, 5.41) is 9.41. The molecule has 1 amide bonds. The lowest BCUT2D eigenvalue weighted by molar-refractivity contribution is -0.127. The van der Waals surface area contributed by atoms with Gasteiger partial charge < -0.3 is 14.2 Å². The fraction of sp³-hybridized carbons (Fsp3) is 0.500. The van der Waals surface area contributed by atoms with Crippen LogP contribution in [0, 0.1) is 0 Å². The van der Waals surface area contributed by atoms with Crippen LogP contribution < -0.4 is 4.74 Å². The van der Waals surface area contributed by atoms with Crippen molar-refractivity contribution in [2.75, 3.05) is 19.9 Å². The van der Waals surface area contributed by atoms with Gasteiger partial charge in [-0.3, -0.25) is 4.79 Å². The van der Waals surface area contributed by atoms with E-state index in [0.717, 1.165) is 41.7 Å². The van der Waals surface area contributed by atoms with Gasteiger partial charge in [-0.05, 0) is 30.5 Å². The fourth-order valence-corrected chi connectivity index (χ4v) is 3.86. The summed E-state index contributed by atoms with van der Waals surface area (Å²) >= 11 is 1.48. The monoisotopic (exact) mass is 360 g/mol. The van der Waals surface area contributed by atoms with Gasteiger partial charge in [0.1, 0.15) is 11.6 Å². The minimum absolute atomic E-state index is 0.0822. The van der Waals surface area contributed by atoms with Crippen molar-refractivity contribution in [3.8, 4) is 5.75 Å². The van der Waals surface area contributed by atoms with Crippen molar-refractivity contribution in [3.05, 3.63) is 35.7 Å². The van der Waals surface area contributed by atoms with Gasteiger partial charge in [-0.1, -0.05) is 30.3 Å². The molecule has 0 radical (unpaired) electrons. The SMILES string of the molecule is COc1cccc(CN(C)C(=O)CSc2nnc3n2CCCCC3)c1. The molecule has 0 atom stereocenters. The Balaban J connectivity index is 1.56. The predicted molar refractivity (Wildman–Crippen MR) is 97.8 cm³/mol. The highest BCUT2D eigenvalue weighted by Gasteiger charge is 2.17. The molecule has 3 rings (SSSR count). The maximum atomic E-state index is 12.4. The molecule has 2 aromatic rings. The van der Waals surface area contributed by atoms with E-state index < -0.39 is 0 Å². The number of aromatic nitrogens is 3. The summed E-state index contributed by atoms with van der Waals surface area (Å²) in [7, 11) is 3.47. The van der Waals surface area contributed by atoms with Crippen molar-refractivity contribution in [3.63, 3.8) is 0 Å². The van der Waals surface area contributed by atoms with E-state index in [1.165, 1.54) is 24.6 Å². The van der Waals surface area contributed by atoms with E-state index in [1.54, 1.807) is 12.0 Å². The van der Waals surface area contributed by atoms with Gasteiger partial charge in [-0.15, -0.1) is 10.2 Å². The standard InChI is InChI=1S/C18H24N4O2S/c1-21(12-14-7-6-8-15(11-14)24-2)17(23)13-25-18-20-19-16-9-4-3-5-10-22(16)18/h6-8,11H,3-5,9-10,12-13H2,1-2H3. The van der Waals surface area contributed by atoms with Gasteiger partial charge in [0.05, 0.1) is 12.9 Å². The number of carbonyl (C=O) groups is 1. The average Bonchev–Trinajstić information content (AvgIpc) is 2.86. The Hall–Kier alpha value is -2.02. The molecule has 0 aliphatic carbocycles. The second kappa shape index (κ2) is 8.38. The number of aryl methyl sites for hydroxylation is 1. The van der Waals surface area contributed by atoms with E-state index in [9.17, 15) is 4.79 Å². The van der Waals surface area contributed by atoms with Crippen LogP contribution in [0.25, 0.3) is 0 Å². The van der Waals surface area contributed by atoms with E-state index >= 15 is 0 Å². The molecule has 1 aromatic carbocycles. The Kier molecular flexibility index (Phi) is 5.96. The van der Waals surface area contributed by atoms with Crippen LogP contribution >= 0.6 is 11.8 Å². The van der Waals surface area contributed by atoms with E-state index in [0.29, 0.717) is 12.3 Å². The van der Waals surface area contributed by atoms with Crippen LogP contribution in [0.4, 0.5) is 0 Å². The lowest BCUT2D eigenvalue weighted by Crippen LogP contribution is -2.27. The average molecular weight is 360 g/mol. The van der Waals surface area contributed by atoms with Crippen LogP contribution in [0.3, 0.4) is 0 Å². The minimum atomic E-state index is 0.0822. The van der Waals surface area contributed by atoms with Crippen LogP contribution in [0.2, 0.25) is 0 Å². The number of carbonyl (C=O) groups excluding carboxylic acids is 1. The number of methoxy groups -OCH3 is 1. The number of ether oxygens (including phenoxy) is 1. The third kappa shape index (κ3) is 4.54. The number of hydrogen-bond donors (Lipinski definition) is 0. The molecule has 25 heavy (non-hydrogen) atoms. The molecule has 7 heteroatoms. The molecule has 2 heterocycles. The van der Waals surface area contributed by atoms with Crippen molar-refractivity contribution in [2.45, 2.75) is 43.9 Å². The summed E-state index contributed by atoms with van der Waals surface area (Å²) in [6, 6.07) is 7.79. The van der Waals surface area contributed by atoms with E-state index in [4.69, 9.17) is 4.74 Å². The Morgan fingerprint density at radius 1 is 1.32 bits per heavy atom. The summed E-state index contributed by atoms with van der Waals surface area (Å²) in [5.74, 6) is 2.31. The smallest absolute Gasteiger partial charge is 0.233 e. The van der Waals surface area contributed by atoms with Gasteiger partial charge in [0.25, 0.3) is 0 Å². The highest BCUT2D eigenvalue weighted by molar-refractivity contribution is 7.99. The maximum Gasteiger partial charge on any atom is 0.233 e. The first-order valence-electron chi connectivity index (χ1n) is 8.59. The minimum Gasteiger partial charge on any atom is -0.497 e. The van der Waals surface area contributed by atoms with Crippen LogP contribution in [0.1, 0.15) is 30.7 Å².